The third kappa shape index (κ3) is 7.42. The molecule has 126 valence electrons. The summed E-state index contributed by atoms with van der Waals surface area (Å²) >= 11 is 0. The molecule has 0 bridgehead atoms. The number of benzene rings is 1. The van der Waals surface area contributed by atoms with Gasteiger partial charge in [0, 0.05) is 6.54 Å². The smallest absolute Gasteiger partial charge is 0.0916 e. The molecule has 1 atom stereocenters. The maximum absolute atomic E-state index is 10.4. The molecule has 0 saturated carbocycles. The summed E-state index contributed by atoms with van der Waals surface area (Å²) in [6.07, 6.45) is 8.30. The highest BCUT2D eigenvalue weighted by Crippen LogP contribution is 2.17. The van der Waals surface area contributed by atoms with E-state index in [4.69, 9.17) is 0 Å². The molecule has 0 spiro atoms. The van der Waals surface area contributed by atoms with Crippen LogP contribution in [-0.4, -0.2) is 29.6 Å². The number of hydrogen-bond donors (Lipinski definition) is 1. The zero-order chi connectivity index (χ0) is 16.2. The number of aryl methyl sites for hydroxylation is 1. The van der Waals surface area contributed by atoms with Crippen molar-refractivity contribution >= 4 is 0 Å². The van der Waals surface area contributed by atoms with Gasteiger partial charge in [0.25, 0.3) is 0 Å². The standard InChI is InChI=1S/C20H35NO/c1-4-7-8-9-10-18-11-13-19(14-12-18)20(22)17-21(15-5-2)16-6-3/h11-14,20,22H,4-10,15-17H2,1-3H3. The molecule has 1 aromatic rings. The Balaban J connectivity index is 2.46. The van der Waals surface area contributed by atoms with Crippen molar-refractivity contribution in [1.29, 1.82) is 0 Å². The summed E-state index contributed by atoms with van der Waals surface area (Å²) in [7, 11) is 0. The highest BCUT2D eigenvalue weighted by molar-refractivity contribution is 5.24. The molecule has 0 aromatic heterocycles. The average Bonchev–Trinajstić information content (AvgIpc) is 2.52. The first kappa shape index (κ1) is 19.2. The van der Waals surface area contributed by atoms with E-state index in [2.05, 4.69) is 49.9 Å². The van der Waals surface area contributed by atoms with Crippen molar-refractivity contribution in [2.75, 3.05) is 19.6 Å². The summed E-state index contributed by atoms with van der Waals surface area (Å²) in [5.41, 5.74) is 2.44. The van der Waals surface area contributed by atoms with Gasteiger partial charge in [0.15, 0.2) is 0 Å². The van der Waals surface area contributed by atoms with E-state index in [1.54, 1.807) is 0 Å². The molecule has 0 radical (unpaired) electrons. The summed E-state index contributed by atoms with van der Waals surface area (Å²) in [5, 5.41) is 10.4. The van der Waals surface area contributed by atoms with Crippen LogP contribution in [-0.2, 0) is 6.42 Å². The van der Waals surface area contributed by atoms with E-state index >= 15 is 0 Å². The first-order valence-electron chi connectivity index (χ1n) is 9.20. The number of rotatable bonds is 12. The number of unbranched alkanes of at least 4 members (excludes halogenated alkanes) is 3. The van der Waals surface area contributed by atoms with E-state index < -0.39 is 0 Å². The lowest BCUT2D eigenvalue weighted by molar-refractivity contribution is 0.113. The van der Waals surface area contributed by atoms with Gasteiger partial charge in [-0.3, -0.25) is 0 Å². The van der Waals surface area contributed by atoms with Crippen molar-refractivity contribution < 1.29 is 5.11 Å². The van der Waals surface area contributed by atoms with E-state index in [9.17, 15) is 5.11 Å². The quantitative estimate of drug-likeness (QED) is 0.551. The van der Waals surface area contributed by atoms with E-state index in [1.165, 1.54) is 31.2 Å². The molecular formula is C20H35NO. The van der Waals surface area contributed by atoms with Crippen LogP contribution in [0.3, 0.4) is 0 Å². The highest BCUT2D eigenvalue weighted by Gasteiger charge is 2.12. The molecule has 1 unspecified atom stereocenters. The van der Waals surface area contributed by atoms with Gasteiger partial charge in [0.05, 0.1) is 6.10 Å². The van der Waals surface area contributed by atoms with E-state index in [0.717, 1.165) is 44.5 Å². The minimum absolute atomic E-state index is 0.368. The second-order valence-corrected chi connectivity index (χ2v) is 6.37. The fourth-order valence-corrected chi connectivity index (χ4v) is 2.94. The summed E-state index contributed by atoms with van der Waals surface area (Å²) in [6.45, 7) is 9.53. The van der Waals surface area contributed by atoms with Crippen LogP contribution in [0.5, 0.6) is 0 Å². The lowest BCUT2D eigenvalue weighted by Gasteiger charge is -2.24. The molecule has 0 heterocycles. The van der Waals surface area contributed by atoms with Gasteiger partial charge in [-0.05, 0) is 49.9 Å². The first-order chi connectivity index (χ1) is 10.7. The number of aliphatic hydroxyl groups is 1. The maximum Gasteiger partial charge on any atom is 0.0916 e. The van der Waals surface area contributed by atoms with Crippen LogP contribution < -0.4 is 0 Å². The average molecular weight is 306 g/mol. The largest absolute Gasteiger partial charge is 0.387 e. The van der Waals surface area contributed by atoms with Crippen molar-refractivity contribution in [3.8, 4) is 0 Å². The van der Waals surface area contributed by atoms with Crippen LogP contribution in [0.4, 0.5) is 0 Å². The van der Waals surface area contributed by atoms with Crippen molar-refractivity contribution in [1.82, 2.24) is 4.90 Å². The Morgan fingerprint density at radius 1 is 0.864 bits per heavy atom. The monoisotopic (exact) mass is 305 g/mol. The lowest BCUT2D eigenvalue weighted by Crippen LogP contribution is -2.30. The van der Waals surface area contributed by atoms with Gasteiger partial charge in [-0.2, -0.15) is 0 Å². The Morgan fingerprint density at radius 3 is 2.05 bits per heavy atom. The second-order valence-electron chi connectivity index (χ2n) is 6.37. The van der Waals surface area contributed by atoms with Gasteiger partial charge in [0.1, 0.15) is 0 Å². The normalized spacial score (nSPS) is 12.8. The number of nitrogens with zero attached hydrogens (tertiary/aromatic N) is 1. The van der Waals surface area contributed by atoms with Gasteiger partial charge in [-0.25, -0.2) is 0 Å². The van der Waals surface area contributed by atoms with Gasteiger partial charge < -0.3 is 10.0 Å². The molecule has 0 saturated heterocycles. The summed E-state index contributed by atoms with van der Waals surface area (Å²) in [4.78, 5) is 2.36. The van der Waals surface area contributed by atoms with Crippen molar-refractivity contribution in [3.05, 3.63) is 35.4 Å². The van der Waals surface area contributed by atoms with Crippen molar-refractivity contribution in [2.24, 2.45) is 0 Å². The van der Waals surface area contributed by atoms with E-state index in [0.29, 0.717) is 0 Å². The topological polar surface area (TPSA) is 23.5 Å². The predicted molar refractivity (Wildman–Crippen MR) is 96.3 cm³/mol. The molecule has 0 amide bonds. The minimum Gasteiger partial charge on any atom is -0.387 e. The highest BCUT2D eigenvalue weighted by atomic mass is 16.3. The van der Waals surface area contributed by atoms with Gasteiger partial charge in [-0.15, -0.1) is 0 Å². The first-order valence-corrected chi connectivity index (χ1v) is 9.20. The lowest BCUT2D eigenvalue weighted by atomic mass is 10.0. The molecule has 22 heavy (non-hydrogen) atoms. The molecule has 2 heteroatoms. The molecule has 1 rings (SSSR count). The van der Waals surface area contributed by atoms with E-state index in [1.807, 2.05) is 0 Å². The van der Waals surface area contributed by atoms with Crippen LogP contribution >= 0.6 is 0 Å². The Labute approximate surface area is 137 Å². The van der Waals surface area contributed by atoms with Crippen molar-refractivity contribution in [3.63, 3.8) is 0 Å². The van der Waals surface area contributed by atoms with Crippen LogP contribution in [0.25, 0.3) is 0 Å². The molecule has 0 aliphatic heterocycles. The second kappa shape index (κ2) is 11.7. The fourth-order valence-electron chi connectivity index (χ4n) is 2.94. The third-order valence-electron chi connectivity index (χ3n) is 4.19. The molecule has 0 fully saturated rings. The Hall–Kier alpha value is -0.860. The van der Waals surface area contributed by atoms with Crippen LogP contribution in [0.1, 0.15) is 76.5 Å². The SMILES string of the molecule is CCCCCCc1ccc(C(O)CN(CCC)CCC)cc1. The maximum atomic E-state index is 10.4. The Bertz CT molecular complexity index is 368. The summed E-state index contributed by atoms with van der Waals surface area (Å²) in [6, 6.07) is 8.59. The molecule has 0 aliphatic rings. The van der Waals surface area contributed by atoms with Crippen LogP contribution in [0.15, 0.2) is 24.3 Å². The molecule has 1 N–H and O–H groups in total. The van der Waals surface area contributed by atoms with Crippen molar-refractivity contribution in [2.45, 2.75) is 71.8 Å². The molecule has 1 aromatic carbocycles. The van der Waals surface area contributed by atoms with Gasteiger partial charge in [0.2, 0.25) is 0 Å². The number of hydrogen-bond acceptors (Lipinski definition) is 2. The van der Waals surface area contributed by atoms with Crippen LogP contribution in [0.2, 0.25) is 0 Å². The molecular weight excluding hydrogens is 270 g/mol. The summed E-state index contributed by atoms with van der Waals surface area (Å²) in [5.74, 6) is 0. The van der Waals surface area contributed by atoms with E-state index in [-0.39, 0.29) is 6.10 Å². The predicted octanol–water partition coefficient (Wildman–Crippen LogP) is 4.96. The zero-order valence-corrected chi connectivity index (χ0v) is 14.9. The van der Waals surface area contributed by atoms with Crippen LogP contribution in [0, 0.1) is 0 Å². The fraction of sp³-hybridized carbons (Fsp3) is 0.700. The Kier molecular flexibility index (Phi) is 10.2. The zero-order valence-electron chi connectivity index (χ0n) is 14.9. The summed E-state index contributed by atoms with van der Waals surface area (Å²) < 4.78 is 0. The van der Waals surface area contributed by atoms with Gasteiger partial charge in [-0.1, -0.05) is 64.3 Å². The van der Waals surface area contributed by atoms with Gasteiger partial charge >= 0.3 is 0 Å². The minimum atomic E-state index is -0.368. The third-order valence-corrected chi connectivity index (χ3v) is 4.19. The molecule has 0 aliphatic carbocycles. The Morgan fingerprint density at radius 2 is 1.50 bits per heavy atom. The number of aliphatic hydroxyl groups excluding tert-OH is 1. The molecule has 2 nitrogen and oxygen atoms in total.